The molecule has 1 amide bonds. The van der Waals surface area contributed by atoms with Gasteiger partial charge in [0.05, 0.1) is 11.5 Å². The van der Waals surface area contributed by atoms with Crippen molar-refractivity contribution < 1.29 is 18.3 Å². The summed E-state index contributed by atoms with van der Waals surface area (Å²) < 4.78 is 23.0. The predicted molar refractivity (Wildman–Crippen MR) is 72.0 cm³/mol. The summed E-state index contributed by atoms with van der Waals surface area (Å²) in [4.78, 5) is 13.9. The molecule has 1 atom stereocenters. The highest BCUT2D eigenvalue weighted by molar-refractivity contribution is 7.91. The molecule has 0 spiro atoms. The van der Waals surface area contributed by atoms with Crippen LogP contribution >= 0.6 is 0 Å². The van der Waals surface area contributed by atoms with E-state index in [1.54, 1.807) is 30.9 Å². The van der Waals surface area contributed by atoms with Crippen LogP contribution in [0.4, 0.5) is 0 Å². The van der Waals surface area contributed by atoms with Crippen molar-refractivity contribution in [2.24, 2.45) is 0 Å². The number of phenolic OH excluding ortho intramolecular Hbond substituents is 1. The van der Waals surface area contributed by atoms with Gasteiger partial charge >= 0.3 is 0 Å². The molecule has 104 valence electrons. The van der Waals surface area contributed by atoms with Gasteiger partial charge in [0, 0.05) is 18.2 Å². The zero-order chi connectivity index (χ0) is 14.2. The lowest BCUT2D eigenvalue weighted by Gasteiger charge is -2.33. The standard InChI is InChI=1S/C13H17NO4S/c1-9-3-4-11(7-12(9)15)13(16)14-5-6-19(17,18)8-10(14)2/h3-4,7,10,15H,5-6,8H2,1-2H3. The molecule has 1 heterocycles. The molecule has 0 aliphatic carbocycles. The minimum absolute atomic E-state index is 0.000916. The van der Waals surface area contributed by atoms with Crippen molar-refractivity contribution in [1.29, 1.82) is 0 Å². The Labute approximate surface area is 112 Å². The Balaban J connectivity index is 2.22. The minimum Gasteiger partial charge on any atom is -0.508 e. The normalized spacial score (nSPS) is 22.2. The number of benzene rings is 1. The maximum absolute atomic E-state index is 12.3. The molecule has 5 nitrogen and oxygen atoms in total. The molecule has 19 heavy (non-hydrogen) atoms. The second-order valence-electron chi connectivity index (χ2n) is 4.96. The van der Waals surface area contributed by atoms with E-state index in [0.717, 1.165) is 0 Å². The summed E-state index contributed by atoms with van der Waals surface area (Å²) in [5.41, 5.74) is 1.08. The lowest BCUT2D eigenvalue weighted by Crippen LogP contribution is -2.49. The van der Waals surface area contributed by atoms with E-state index in [-0.39, 0.29) is 35.7 Å². The molecule has 1 unspecified atom stereocenters. The first kappa shape index (κ1) is 13.9. The number of amides is 1. The number of carbonyl (C=O) groups excluding carboxylic acids is 1. The van der Waals surface area contributed by atoms with Gasteiger partial charge in [-0.05, 0) is 31.5 Å². The zero-order valence-electron chi connectivity index (χ0n) is 11.0. The van der Waals surface area contributed by atoms with E-state index in [4.69, 9.17) is 0 Å². The highest BCUT2D eigenvalue weighted by Gasteiger charge is 2.31. The number of phenols is 1. The van der Waals surface area contributed by atoms with E-state index in [0.29, 0.717) is 11.1 Å². The zero-order valence-corrected chi connectivity index (χ0v) is 11.8. The number of hydrogen-bond acceptors (Lipinski definition) is 4. The van der Waals surface area contributed by atoms with Gasteiger partial charge in [-0.1, -0.05) is 6.07 Å². The predicted octanol–water partition coefficient (Wildman–Crippen LogP) is 0.960. The van der Waals surface area contributed by atoms with E-state index < -0.39 is 9.84 Å². The molecule has 0 radical (unpaired) electrons. The van der Waals surface area contributed by atoms with Gasteiger partial charge in [-0.3, -0.25) is 4.79 Å². The largest absolute Gasteiger partial charge is 0.508 e. The van der Waals surface area contributed by atoms with Gasteiger partial charge in [-0.25, -0.2) is 8.42 Å². The van der Waals surface area contributed by atoms with E-state index >= 15 is 0 Å². The van der Waals surface area contributed by atoms with Gasteiger partial charge in [0.2, 0.25) is 0 Å². The number of nitrogens with zero attached hydrogens (tertiary/aromatic N) is 1. The highest BCUT2D eigenvalue weighted by Crippen LogP contribution is 2.21. The third-order valence-electron chi connectivity index (χ3n) is 3.39. The second-order valence-corrected chi connectivity index (χ2v) is 7.19. The lowest BCUT2D eigenvalue weighted by molar-refractivity contribution is 0.0712. The van der Waals surface area contributed by atoms with E-state index in [1.165, 1.54) is 6.07 Å². The third kappa shape index (κ3) is 2.89. The van der Waals surface area contributed by atoms with Crippen LogP contribution in [-0.2, 0) is 9.84 Å². The molecular weight excluding hydrogens is 266 g/mol. The van der Waals surface area contributed by atoms with E-state index in [9.17, 15) is 18.3 Å². The van der Waals surface area contributed by atoms with Crippen LogP contribution in [-0.4, -0.2) is 48.4 Å². The van der Waals surface area contributed by atoms with Gasteiger partial charge in [-0.15, -0.1) is 0 Å². The summed E-state index contributed by atoms with van der Waals surface area (Å²) in [6.45, 7) is 3.68. The van der Waals surface area contributed by atoms with Crippen molar-refractivity contribution in [1.82, 2.24) is 4.90 Å². The maximum Gasteiger partial charge on any atom is 0.254 e. The molecule has 6 heteroatoms. The van der Waals surface area contributed by atoms with Crippen molar-refractivity contribution in [3.63, 3.8) is 0 Å². The Morgan fingerprint density at radius 3 is 2.68 bits per heavy atom. The average molecular weight is 283 g/mol. The first-order valence-corrected chi connectivity index (χ1v) is 7.93. The van der Waals surface area contributed by atoms with Crippen molar-refractivity contribution in [3.05, 3.63) is 29.3 Å². The number of hydrogen-bond donors (Lipinski definition) is 1. The average Bonchev–Trinajstić information content (AvgIpc) is 2.31. The van der Waals surface area contributed by atoms with Crippen LogP contribution < -0.4 is 0 Å². The van der Waals surface area contributed by atoms with Crippen molar-refractivity contribution >= 4 is 15.7 Å². The Hall–Kier alpha value is -1.56. The molecule has 0 bridgehead atoms. The Morgan fingerprint density at radius 2 is 2.11 bits per heavy atom. The topological polar surface area (TPSA) is 74.7 Å². The van der Waals surface area contributed by atoms with Crippen molar-refractivity contribution in [2.45, 2.75) is 19.9 Å². The molecule has 2 rings (SSSR count). The molecule has 1 N–H and O–H groups in total. The number of sulfone groups is 1. The Bertz CT molecular complexity index is 609. The summed E-state index contributed by atoms with van der Waals surface area (Å²) in [5.74, 6) is -0.168. The lowest BCUT2D eigenvalue weighted by atomic mass is 10.1. The second kappa shape index (κ2) is 4.85. The van der Waals surface area contributed by atoms with Crippen LogP contribution in [0, 0.1) is 6.92 Å². The van der Waals surface area contributed by atoms with Gasteiger partial charge in [-0.2, -0.15) is 0 Å². The number of rotatable bonds is 1. The van der Waals surface area contributed by atoms with Crippen LogP contribution in [0.5, 0.6) is 5.75 Å². The smallest absolute Gasteiger partial charge is 0.254 e. The third-order valence-corrected chi connectivity index (χ3v) is 5.18. The summed E-state index contributed by atoms with van der Waals surface area (Å²) >= 11 is 0. The molecule has 1 aliphatic rings. The molecule has 1 saturated heterocycles. The van der Waals surface area contributed by atoms with Crippen LogP contribution in [0.25, 0.3) is 0 Å². The van der Waals surface area contributed by atoms with Gasteiger partial charge in [0.25, 0.3) is 5.91 Å². The quantitative estimate of drug-likeness (QED) is 0.833. The molecular formula is C13H17NO4S. The number of carbonyl (C=O) groups is 1. The summed E-state index contributed by atoms with van der Waals surface area (Å²) in [7, 11) is -3.04. The van der Waals surface area contributed by atoms with E-state index in [2.05, 4.69) is 0 Å². The molecule has 0 aromatic heterocycles. The Morgan fingerprint density at radius 1 is 1.42 bits per heavy atom. The summed E-state index contributed by atoms with van der Waals surface area (Å²) in [6.07, 6.45) is 0. The van der Waals surface area contributed by atoms with Gasteiger partial charge < -0.3 is 10.0 Å². The number of aryl methyl sites for hydroxylation is 1. The maximum atomic E-state index is 12.3. The highest BCUT2D eigenvalue weighted by atomic mass is 32.2. The molecule has 0 saturated carbocycles. The summed E-state index contributed by atoms with van der Waals surface area (Å²) in [5, 5.41) is 9.63. The van der Waals surface area contributed by atoms with Crippen LogP contribution in [0.2, 0.25) is 0 Å². The van der Waals surface area contributed by atoms with E-state index in [1.807, 2.05) is 0 Å². The SMILES string of the molecule is Cc1ccc(C(=O)N2CCS(=O)(=O)CC2C)cc1O. The number of aromatic hydroxyl groups is 1. The fourth-order valence-corrected chi connectivity index (χ4v) is 3.77. The van der Waals surface area contributed by atoms with Crippen LogP contribution in [0.1, 0.15) is 22.8 Å². The Kier molecular flexibility index (Phi) is 3.54. The fourth-order valence-electron chi connectivity index (χ4n) is 2.21. The van der Waals surface area contributed by atoms with Crippen LogP contribution in [0.3, 0.4) is 0 Å². The first-order valence-electron chi connectivity index (χ1n) is 6.11. The van der Waals surface area contributed by atoms with Crippen molar-refractivity contribution in [3.8, 4) is 5.75 Å². The summed E-state index contributed by atoms with van der Waals surface area (Å²) in [6, 6.07) is 4.41. The molecule has 1 aromatic rings. The van der Waals surface area contributed by atoms with Gasteiger partial charge in [0.15, 0.2) is 9.84 Å². The molecule has 1 fully saturated rings. The van der Waals surface area contributed by atoms with Crippen LogP contribution in [0.15, 0.2) is 18.2 Å². The fraction of sp³-hybridized carbons (Fsp3) is 0.462. The minimum atomic E-state index is -3.04. The van der Waals surface area contributed by atoms with Crippen molar-refractivity contribution in [2.75, 3.05) is 18.1 Å². The monoisotopic (exact) mass is 283 g/mol. The molecule has 1 aromatic carbocycles. The van der Waals surface area contributed by atoms with Gasteiger partial charge in [0.1, 0.15) is 5.75 Å². The molecule has 1 aliphatic heterocycles. The first-order chi connectivity index (χ1) is 8.80.